The Morgan fingerprint density at radius 3 is 2.86 bits per heavy atom. The highest BCUT2D eigenvalue weighted by Crippen LogP contribution is 2.38. The number of methoxy groups -OCH3 is 1. The number of halogens is 1. The molecule has 0 radical (unpaired) electrons. The first-order valence-corrected chi connectivity index (χ1v) is 8.32. The van der Waals surface area contributed by atoms with Gasteiger partial charge in [0.05, 0.1) is 7.11 Å². The molecule has 1 aromatic carbocycles. The molecule has 1 atom stereocenters. The average molecular weight is 309 g/mol. The molecule has 1 saturated carbocycles. The van der Waals surface area contributed by atoms with Gasteiger partial charge < -0.3 is 10.1 Å². The molecule has 1 heterocycles. The van der Waals surface area contributed by atoms with Crippen molar-refractivity contribution in [3.63, 3.8) is 0 Å². The van der Waals surface area contributed by atoms with E-state index in [1.54, 1.807) is 7.11 Å². The molecule has 2 aliphatic rings. The van der Waals surface area contributed by atoms with Crippen molar-refractivity contribution in [1.29, 1.82) is 0 Å². The molecule has 1 aliphatic heterocycles. The van der Waals surface area contributed by atoms with Gasteiger partial charge in [-0.15, -0.1) is 0 Å². The number of ether oxygens (including phenoxy) is 1. The van der Waals surface area contributed by atoms with Crippen molar-refractivity contribution in [2.24, 2.45) is 0 Å². The maximum Gasteiger partial charge on any atom is 0.123 e. The monoisotopic (exact) mass is 308 g/mol. The molecule has 3 rings (SSSR count). The van der Waals surface area contributed by atoms with Crippen molar-refractivity contribution in [2.75, 3.05) is 20.2 Å². The van der Waals surface area contributed by atoms with Crippen LogP contribution in [0.2, 0.25) is 5.02 Å². The van der Waals surface area contributed by atoms with Gasteiger partial charge in [-0.3, -0.25) is 4.90 Å². The molecule has 1 N–H and O–H groups in total. The molecule has 1 aromatic rings. The summed E-state index contributed by atoms with van der Waals surface area (Å²) < 4.78 is 5.52. The van der Waals surface area contributed by atoms with E-state index in [0.717, 1.165) is 30.4 Å². The lowest BCUT2D eigenvalue weighted by molar-refractivity contribution is 0.0387. The predicted molar refractivity (Wildman–Crippen MR) is 87.1 cm³/mol. The van der Waals surface area contributed by atoms with Crippen LogP contribution in [0, 0.1) is 0 Å². The Kier molecular flexibility index (Phi) is 4.43. The fraction of sp³-hybridized carbons (Fsp3) is 0.647. The summed E-state index contributed by atoms with van der Waals surface area (Å²) in [4.78, 5) is 2.66. The van der Waals surface area contributed by atoms with Gasteiger partial charge in [0.15, 0.2) is 0 Å². The van der Waals surface area contributed by atoms with E-state index < -0.39 is 0 Å². The quantitative estimate of drug-likeness (QED) is 0.925. The maximum absolute atomic E-state index is 6.18. The predicted octanol–water partition coefficient (Wildman–Crippen LogP) is 3.46. The molecule has 4 heteroatoms. The Hall–Kier alpha value is -0.770. The minimum absolute atomic E-state index is 0.333. The van der Waals surface area contributed by atoms with Crippen LogP contribution in [0.4, 0.5) is 0 Å². The smallest absolute Gasteiger partial charge is 0.123 e. The van der Waals surface area contributed by atoms with E-state index >= 15 is 0 Å². The van der Waals surface area contributed by atoms with Crippen LogP contribution in [-0.4, -0.2) is 36.7 Å². The zero-order valence-electron chi connectivity index (χ0n) is 13.0. The van der Waals surface area contributed by atoms with Crippen LogP contribution in [0.1, 0.15) is 38.2 Å². The summed E-state index contributed by atoms with van der Waals surface area (Å²) in [7, 11) is 1.73. The van der Waals surface area contributed by atoms with Gasteiger partial charge >= 0.3 is 0 Å². The molecule has 2 fully saturated rings. The number of piperazine rings is 1. The van der Waals surface area contributed by atoms with Crippen LogP contribution < -0.4 is 10.1 Å². The standard InChI is InChI=1S/C17H25ClN2O/c1-13-10-20(17(12-19-13)7-3-4-8-17)11-14-9-15(18)5-6-16(14)21-2/h5-6,9,13,19H,3-4,7-8,10-12H2,1-2H3. The lowest BCUT2D eigenvalue weighted by Gasteiger charge is -2.48. The van der Waals surface area contributed by atoms with Crippen LogP contribution in [0.5, 0.6) is 5.75 Å². The van der Waals surface area contributed by atoms with E-state index in [2.05, 4.69) is 23.2 Å². The molecule has 1 spiro atoms. The second-order valence-electron chi connectivity index (χ2n) is 6.55. The van der Waals surface area contributed by atoms with E-state index in [-0.39, 0.29) is 0 Å². The molecule has 1 aliphatic carbocycles. The van der Waals surface area contributed by atoms with E-state index in [1.807, 2.05) is 12.1 Å². The normalized spacial score (nSPS) is 25.4. The van der Waals surface area contributed by atoms with Gasteiger partial charge in [-0.1, -0.05) is 24.4 Å². The van der Waals surface area contributed by atoms with Gasteiger partial charge in [0.25, 0.3) is 0 Å². The third kappa shape index (κ3) is 3.05. The van der Waals surface area contributed by atoms with Crippen LogP contribution in [0.15, 0.2) is 18.2 Å². The van der Waals surface area contributed by atoms with Crippen molar-refractivity contribution in [2.45, 2.75) is 50.7 Å². The summed E-state index contributed by atoms with van der Waals surface area (Å²) in [5, 5.41) is 4.46. The summed E-state index contributed by atoms with van der Waals surface area (Å²) in [6.07, 6.45) is 5.30. The molecule has 0 aromatic heterocycles. The number of benzene rings is 1. The molecule has 3 nitrogen and oxygen atoms in total. The molecular weight excluding hydrogens is 284 g/mol. The average Bonchev–Trinajstić information content (AvgIpc) is 2.93. The minimum atomic E-state index is 0.333. The molecule has 0 bridgehead atoms. The first-order valence-electron chi connectivity index (χ1n) is 7.94. The SMILES string of the molecule is COc1ccc(Cl)cc1CN1CC(C)NCC12CCCC2. The highest BCUT2D eigenvalue weighted by molar-refractivity contribution is 6.30. The van der Waals surface area contributed by atoms with Crippen molar-refractivity contribution < 1.29 is 4.74 Å². The Bertz CT molecular complexity index is 500. The first kappa shape index (κ1) is 15.1. The number of hydrogen-bond acceptors (Lipinski definition) is 3. The Labute approximate surface area is 132 Å². The van der Waals surface area contributed by atoms with Gasteiger partial charge in [0.2, 0.25) is 0 Å². The van der Waals surface area contributed by atoms with Crippen molar-refractivity contribution in [3.8, 4) is 5.75 Å². The number of rotatable bonds is 3. The third-order valence-electron chi connectivity index (χ3n) is 5.08. The molecular formula is C17H25ClN2O. The minimum Gasteiger partial charge on any atom is -0.496 e. The van der Waals surface area contributed by atoms with E-state index in [1.165, 1.54) is 31.2 Å². The van der Waals surface area contributed by atoms with Crippen molar-refractivity contribution in [1.82, 2.24) is 10.2 Å². The number of nitrogens with zero attached hydrogens (tertiary/aromatic N) is 1. The van der Waals surface area contributed by atoms with Crippen molar-refractivity contribution >= 4 is 11.6 Å². The number of hydrogen-bond donors (Lipinski definition) is 1. The maximum atomic E-state index is 6.18. The van der Waals surface area contributed by atoms with Crippen LogP contribution >= 0.6 is 11.6 Å². The molecule has 21 heavy (non-hydrogen) atoms. The summed E-state index contributed by atoms with van der Waals surface area (Å²) >= 11 is 6.18. The number of nitrogens with one attached hydrogen (secondary N) is 1. The molecule has 1 saturated heterocycles. The second-order valence-corrected chi connectivity index (χ2v) is 6.99. The molecule has 0 amide bonds. The molecule has 1 unspecified atom stereocenters. The third-order valence-corrected chi connectivity index (χ3v) is 5.32. The van der Waals surface area contributed by atoms with Crippen LogP contribution in [0.3, 0.4) is 0 Å². The molecule has 116 valence electrons. The zero-order valence-corrected chi connectivity index (χ0v) is 13.7. The summed E-state index contributed by atoms with van der Waals surface area (Å²) in [6, 6.07) is 6.47. The largest absolute Gasteiger partial charge is 0.496 e. The van der Waals surface area contributed by atoms with Gasteiger partial charge in [-0.25, -0.2) is 0 Å². The van der Waals surface area contributed by atoms with E-state index in [9.17, 15) is 0 Å². The Balaban J connectivity index is 1.85. The fourth-order valence-electron chi connectivity index (χ4n) is 3.90. The summed E-state index contributed by atoms with van der Waals surface area (Å²) in [6.45, 7) is 5.40. The van der Waals surface area contributed by atoms with Gasteiger partial charge in [0, 0.05) is 41.8 Å². The van der Waals surface area contributed by atoms with Gasteiger partial charge in [-0.2, -0.15) is 0 Å². The zero-order chi connectivity index (χ0) is 14.9. The van der Waals surface area contributed by atoms with E-state index in [0.29, 0.717) is 11.6 Å². The fourth-order valence-corrected chi connectivity index (χ4v) is 4.09. The highest BCUT2D eigenvalue weighted by Gasteiger charge is 2.42. The van der Waals surface area contributed by atoms with E-state index in [4.69, 9.17) is 16.3 Å². The Morgan fingerprint density at radius 1 is 1.38 bits per heavy atom. The first-order chi connectivity index (χ1) is 10.1. The summed E-state index contributed by atoms with van der Waals surface area (Å²) in [5.41, 5.74) is 1.53. The van der Waals surface area contributed by atoms with Gasteiger partial charge in [-0.05, 0) is 38.0 Å². The lowest BCUT2D eigenvalue weighted by Crippen LogP contribution is -2.62. The van der Waals surface area contributed by atoms with Crippen LogP contribution in [-0.2, 0) is 6.54 Å². The topological polar surface area (TPSA) is 24.5 Å². The van der Waals surface area contributed by atoms with Gasteiger partial charge in [0.1, 0.15) is 5.75 Å². The van der Waals surface area contributed by atoms with Crippen molar-refractivity contribution in [3.05, 3.63) is 28.8 Å². The summed E-state index contributed by atoms with van der Waals surface area (Å²) in [5.74, 6) is 0.943. The lowest BCUT2D eigenvalue weighted by atomic mass is 9.90. The Morgan fingerprint density at radius 2 is 2.14 bits per heavy atom. The van der Waals surface area contributed by atoms with Crippen LogP contribution in [0.25, 0.3) is 0 Å². The highest BCUT2D eigenvalue weighted by atomic mass is 35.5. The second kappa shape index (κ2) is 6.15.